The zero-order chi connectivity index (χ0) is 21.1. The summed E-state index contributed by atoms with van der Waals surface area (Å²) in [7, 11) is 0. The van der Waals surface area contributed by atoms with E-state index < -0.39 is 4.92 Å². The van der Waals surface area contributed by atoms with Crippen LogP contribution in [0.2, 0.25) is 0 Å². The van der Waals surface area contributed by atoms with Crippen molar-refractivity contribution in [1.29, 1.82) is 0 Å². The van der Waals surface area contributed by atoms with Crippen LogP contribution in [0.4, 0.5) is 11.4 Å². The third kappa shape index (κ3) is 4.25. The lowest BCUT2D eigenvalue weighted by Gasteiger charge is -2.07. The number of non-ortho nitro benzene ring substituents is 1. The van der Waals surface area contributed by atoms with Crippen LogP contribution in [-0.2, 0) is 4.79 Å². The molecular weight excluding hydrogens is 386 g/mol. The van der Waals surface area contributed by atoms with E-state index in [2.05, 4.69) is 15.5 Å². The molecule has 150 valence electrons. The molecule has 1 amide bonds. The Morgan fingerprint density at radius 1 is 1.03 bits per heavy atom. The fourth-order valence-electron chi connectivity index (χ4n) is 2.80. The monoisotopic (exact) mass is 403 g/mol. The number of anilines is 1. The van der Waals surface area contributed by atoms with Crippen molar-refractivity contribution in [3.63, 3.8) is 0 Å². The number of rotatable bonds is 6. The SMILES string of the molecule is Cc1ccc(-n2nc3ccc(NC(=O)COc4ccc([N+](=O)[O-])cc4)cc3n2)cc1. The van der Waals surface area contributed by atoms with Gasteiger partial charge in [0, 0.05) is 17.8 Å². The number of benzene rings is 3. The lowest BCUT2D eigenvalue weighted by molar-refractivity contribution is -0.384. The molecule has 9 nitrogen and oxygen atoms in total. The van der Waals surface area contributed by atoms with E-state index in [0.717, 1.165) is 11.3 Å². The number of aryl methyl sites for hydroxylation is 1. The Kier molecular flexibility index (Phi) is 5.08. The molecule has 0 aliphatic carbocycles. The summed E-state index contributed by atoms with van der Waals surface area (Å²) in [6.07, 6.45) is 0. The van der Waals surface area contributed by atoms with E-state index in [4.69, 9.17) is 4.74 Å². The van der Waals surface area contributed by atoms with E-state index in [1.807, 2.05) is 31.2 Å². The third-order valence-electron chi connectivity index (χ3n) is 4.35. The summed E-state index contributed by atoms with van der Waals surface area (Å²) in [5.74, 6) is 0.00544. The molecule has 1 N–H and O–H groups in total. The number of amides is 1. The molecule has 0 unspecified atom stereocenters. The lowest BCUT2D eigenvalue weighted by Crippen LogP contribution is -2.20. The van der Waals surface area contributed by atoms with Crippen molar-refractivity contribution < 1.29 is 14.5 Å². The molecule has 1 aromatic heterocycles. The molecular formula is C21H17N5O4. The molecule has 0 aliphatic rings. The topological polar surface area (TPSA) is 112 Å². The van der Waals surface area contributed by atoms with Crippen LogP contribution in [0.5, 0.6) is 5.75 Å². The van der Waals surface area contributed by atoms with Crippen molar-refractivity contribution >= 4 is 28.3 Å². The van der Waals surface area contributed by atoms with Crippen LogP contribution in [-0.4, -0.2) is 32.4 Å². The quantitative estimate of drug-likeness (QED) is 0.388. The highest BCUT2D eigenvalue weighted by molar-refractivity contribution is 5.93. The Balaban J connectivity index is 1.41. The van der Waals surface area contributed by atoms with Gasteiger partial charge in [0.15, 0.2) is 6.61 Å². The third-order valence-corrected chi connectivity index (χ3v) is 4.35. The van der Waals surface area contributed by atoms with Crippen LogP contribution in [0.25, 0.3) is 16.7 Å². The van der Waals surface area contributed by atoms with E-state index in [1.54, 1.807) is 23.0 Å². The van der Waals surface area contributed by atoms with Gasteiger partial charge in [-0.2, -0.15) is 4.80 Å². The van der Waals surface area contributed by atoms with Gasteiger partial charge in [0.25, 0.3) is 11.6 Å². The van der Waals surface area contributed by atoms with Gasteiger partial charge in [0.05, 0.1) is 10.6 Å². The number of ether oxygens (including phenoxy) is 1. The minimum absolute atomic E-state index is 0.0428. The van der Waals surface area contributed by atoms with Crippen LogP contribution in [0, 0.1) is 17.0 Å². The highest BCUT2D eigenvalue weighted by atomic mass is 16.6. The van der Waals surface area contributed by atoms with Gasteiger partial charge >= 0.3 is 0 Å². The summed E-state index contributed by atoms with van der Waals surface area (Å²) < 4.78 is 5.37. The maximum atomic E-state index is 12.2. The Hall–Kier alpha value is -4.27. The molecule has 0 fully saturated rings. The first-order valence-corrected chi connectivity index (χ1v) is 9.09. The van der Waals surface area contributed by atoms with Crippen molar-refractivity contribution in [1.82, 2.24) is 15.0 Å². The molecule has 0 saturated heterocycles. The van der Waals surface area contributed by atoms with Gasteiger partial charge in [0.1, 0.15) is 16.8 Å². The van der Waals surface area contributed by atoms with Gasteiger partial charge in [-0.3, -0.25) is 14.9 Å². The predicted octanol–water partition coefficient (Wildman–Crippen LogP) is 3.65. The highest BCUT2D eigenvalue weighted by Crippen LogP contribution is 2.19. The summed E-state index contributed by atoms with van der Waals surface area (Å²) in [5, 5.41) is 22.3. The number of aromatic nitrogens is 3. The normalized spacial score (nSPS) is 10.7. The first-order valence-electron chi connectivity index (χ1n) is 9.09. The first kappa shape index (κ1) is 19.1. The largest absolute Gasteiger partial charge is 0.484 e. The number of fused-ring (bicyclic) bond motifs is 1. The second kappa shape index (κ2) is 8.00. The van der Waals surface area contributed by atoms with Crippen molar-refractivity contribution in [2.75, 3.05) is 11.9 Å². The van der Waals surface area contributed by atoms with Crippen molar-refractivity contribution in [2.24, 2.45) is 0 Å². The second-order valence-corrected chi connectivity index (χ2v) is 6.62. The van der Waals surface area contributed by atoms with Crippen LogP contribution >= 0.6 is 0 Å². The van der Waals surface area contributed by atoms with Crippen molar-refractivity contribution in [2.45, 2.75) is 6.92 Å². The van der Waals surface area contributed by atoms with Crippen LogP contribution in [0.3, 0.4) is 0 Å². The molecule has 9 heteroatoms. The Bertz CT molecular complexity index is 1220. The molecule has 4 aromatic rings. The number of nitro groups is 1. The molecule has 1 heterocycles. The molecule has 3 aromatic carbocycles. The maximum absolute atomic E-state index is 12.2. The van der Waals surface area contributed by atoms with Gasteiger partial charge < -0.3 is 10.1 Å². The number of carbonyl (C=O) groups excluding carboxylic acids is 1. The second-order valence-electron chi connectivity index (χ2n) is 6.62. The summed E-state index contributed by atoms with van der Waals surface area (Å²) >= 11 is 0. The van der Waals surface area contributed by atoms with E-state index >= 15 is 0 Å². The number of hydrogen-bond donors (Lipinski definition) is 1. The minimum atomic E-state index is -0.498. The van der Waals surface area contributed by atoms with Gasteiger partial charge in [-0.25, -0.2) is 0 Å². The number of nitrogens with one attached hydrogen (secondary N) is 1. The zero-order valence-electron chi connectivity index (χ0n) is 16.0. The number of nitro benzene ring substituents is 1. The Labute approximate surface area is 171 Å². The highest BCUT2D eigenvalue weighted by Gasteiger charge is 2.09. The van der Waals surface area contributed by atoms with Gasteiger partial charge in [-0.15, -0.1) is 10.2 Å². The van der Waals surface area contributed by atoms with Crippen LogP contribution in [0.1, 0.15) is 5.56 Å². The minimum Gasteiger partial charge on any atom is -0.484 e. The van der Waals surface area contributed by atoms with E-state index in [0.29, 0.717) is 22.5 Å². The molecule has 0 saturated carbocycles. The fraction of sp³-hybridized carbons (Fsp3) is 0.0952. The average molecular weight is 403 g/mol. The summed E-state index contributed by atoms with van der Waals surface area (Å²) in [6.45, 7) is 1.78. The molecule has 0 aliphatic heterocycles. The molecule has 4 rings (SSSR count). The zero-order valence-corrected chi connectivity index (χ0v) is 16.0. The lowest BCUT2D eigenvalue weighted by atomic mass is 10.2. The van der Waals surface area contributed by atoms with Crippen molar-refractivity contribution in [3.8, 4) is 11.4 Å². The first-order chi connectivity index (χ1) is 14.5. The molecule has 0 bridgehead atoms. The number of hydrogen-bond acceptors (Lipinski definition) is 6. The smallest absolute Gasteiger partial charge is 0.269 e. The van der Waals surface area contributed by atoms with Crippen LogP contribution in [0.15, 0.2) is 66.7 Å². The fourth-order valence-corrected chi connectivity index (χ4v) is 2.80. The molecule has 0 radical (unpaired) electrons. The molecule has 0 atom stereocenters. The Morgan fingerprint density at radius 3 is 2.43 bits per heavy atom. The van der Waals surface area contributed by atoms with E-state index in [1.165, 1.54) is 24.3 Å². The van der Waals surface area contributed by atoms with Gasteiger partial charge in [0.2, 0.25) is 0 Å². The van der Waals surface area contributed by atoms with E-state index in [9.17, 15) is 14.9 Å². The van der Waals surface area contributed by atoms with Gasteiger partial charge in [-0.05, 0) is 49.4 Å². The number of nitrogens with zero attached hydrogens (tertiary/aromatic N) is 4. The summed E-state index contributed by atoms with van der Waals surface area (Å²) in [6, 6.07) is 18.6. The molecule has 30 heavy (non-hydrogen) atoms. The summed E-state index contributed by atoms with van der Waals surface area (Å²) in [5.41, 5.74) is 3.87. The van der Waals surface area contributed by atoms with Gasteiger partial charge in [-0.1, -0.05) is 17.7 Å². The van der Waals surface area contributed by atoms with E-state index in [-0.39, 0.29) is 18.2 Å². The standard InChI is InChI=1S/C21H17N5O4/c1-14-2-5-16(6-3-14)25-23-19-11-4-15(12-20(19)24-25)22-21(27)13-30-18-9-7-17(8-10-18)26(28)29/h2-12H,13H2,1H3,(H,22,27). The van der Waals surface area contributed by atoms with Crippen LogP contribution < -0.4 is 10.1 Å². The molecule has 0 spiro atoms. The maximum Gasteiger partial charge on any atom is 0.269 e. The average Bonchev–Trinajstić information content (AvgIpc) is 3.16. The number of carbonyl (C=O) groups is 1. The van der Waals surface area contributed by atoms with Crippen molar-refractivity contribution in [3.05, 3.63) is 82.4 Å². The Morgan fingerprint density at radius 2 is 1.73 bits per heavy atom. The summed E-state index contributed by atoms with van der Waals surface area (Å²) in [4.78, 5) is 23.9. The predicted molar refractivity (Wildman–Crippen MR) is 111 cm³/mol.